The first-order valence-corrected chi connectivity index (χ1v) is 10.7. The molecule has 0 amide bonds. The Balaban J connectivity index is 1.72. The topological polar surface area (TPSA) is 73.2 Å². The minimum absolute atomic E-state index is 0.240. The van der Waals surface area contributed by atoms with Gasteiger partial charge in [0.25, 0.3) is 0 Å². The highest BCUT2D eigenvalue weighted by Crippen LogP contribution is 2.39. The summed E-state index contributed by atoms with van der Waals surface area (Å²) in [6, 6.07) is 22.1. The van der Waals surface area contributed by atoms with E-state index in [4.69, 9.17) is 4.74 Å². The molecule has 5 nitrogen and oxygen atoms in total. The Hall–Kier alpha value is -4.12. The minimum Gasteiger partial charge on any atom is -0.508 e. The Morgan fingerprint density at radius 3 is 1.52 bits per heavy atom. The number of nitrogens with zero attached hydrogens (tertiary/aromatic N) is 1. The first kappa shape index (κ1) is 22.1. The number of phenols is 3. The lowest BCUT2D eigenvalue weighted by Gasteiger charge is -2.26. The van der Waals surface area contributed by atoms with Gasteiger partial charge in [-0.15, -0.1) is 0 Å². The van der Waals surface area contributed by atoms with Crippen molar-refractivity contribution >= 4 is 17.1 Å². The van der Waals surface area contributed by atoms with E-state index in [-0.39, 0.29) is 17.2 Å². The van der Waals surface area contributed by atoms with Gasteiger partial charge in [-0.05, 0) is 123 Å². The van der Waals surface area contributed by atoms with Crippen LogP contribution in [0, 0.1) is 27.7 Å². The molecule has 5 heteroatoms. The van der Waals surface area contributed by atoms with Crippen LogP contribution in [0.1, 0.15) is 22.3 Å². The number of aromatic hydroxyl groups is 3. The third kappa shape index (κ3) is 4.58. The normalized spacial score (nSPS) is 10.8. The van der Waals surface area contributed by atoms with Crippen LogP contribution in [-0.4, -0.2) is 15.3 Å². The van der Waals surface area contributed by atoms with Gasteiger partial charge in [0.1, 0.15) is 28.7 Å². The van der Waals surface area contributed by atoms with Crippen molar-refractivity contribution in [3.8, 4) is 28.7 Å². The molecular weight excluding hydrogens is 414 g/mol. The molecule has 0 unspecified atom stereocenters. The smallest absolute Gasteiger partial charge is 0.130 e. The van der Waals surface area contributed by atoms with Crippen molar-refractivity contribution in [2.75, 3.05) is 4.90 Å². The van der Waals surface area contributed by atoms with Crippen LogP contribution < -0.4 is 9.64 Å². The summed E-state index contributed by atoms with van der Waals surface area (Å²) in [6.45, 7) is 7.45. The van der Waals surface area contributed by atoms with Crippen molar-refractivity contribution in [2.24, 2.45) is 0 Å². The zero-order chi connectivity index (χ0) is 23.7. The number of aryl methyl sites for hydroxylation is 4. The monoisotopic (exact) mass is 441 g/mol. The molecule has 0 saturated carbocycles. The standard InChI is InChI=1S/C28H27NO4/c1-17-13-22(7-11-25(17)30)29(23-8-12-26(31)18(2)14-23)21-5-9-24(10-6-21)33-28-16-19(3)27(32)15-20(28)4/h5-16,30-32H,1-4H3. The summed E-state index contributed by atoms with van der Waals surface area (Å²) in [6.07, 6.45) is 0. The Kier molecular flexibility index (Phi) is 5.88. The fraction of sp³-hybridized carbons (Fsp3) is 0.143. The van der Waals surface area contributed by atoms with E-state index >= 15 is 0 Å². The molecule has 0 aliphatic carbocycles. The van der Waals surface area contributed by atoms with Gasteiger partial charge in [0.05, 0.1) is 0 Å². The largest absolute Gasteiger partial charge is 0.508 e. The Morgan fingerprint density at radius 1 is 0.515 bits per heavy atom. The maximum Gasteiger partial charge on any atom is 0.130 e. The number of phenolic OH excluding ortho intramolecular Hbond substituents is 3. The van der Waals surface area contributed by atoms with Gasteiger partial charge in [0, 0.05) is 17.1 Å². The van der Waals surface area contributed by atoms with Crippen LogP contribution in [0.25, 0.3) is 0 Å². The van der Waals surface area contributed by atoms with E-state index in [2.05, 4.69) is 4.90 Å². The van der Waals surface area contributed by atoms with E-state index in [9.17, 15) is 15.3 Å². The van der Waals surface area contributed by atoms with E-state index in [0.717, 1.165) is 39.3 Å². The van der Waals surface area contributed by atoms with E-state index in [1.54, 1.807) is 18.2 Å². The fourth-order valence-electron chi connectivity index (χ4n) is 3.68. The predicted molar refractivity (Wildman–Crippen MR) is 132 cm³/mol. The summed E-state index contributed by atoms with van der Waals surface area (Å²) in [7, 11) is 0. The average Bonchev–Trinajstić information content (AvgIpc) is 2.78. The van der Waals surface area contributed by atoms with Gasteiger partial charge in [-0.25, -0.2) is 0 Å². The van der Waals surface area contributed by atoms with Gasteiger partial charge >= 0.3 is 0 Å². The van der Waals surface area contributed by atoms with E-state index in [0.29, 0.717) is 11.5 Å². The first-order chi connectivity index (χ1) is 15.7. The fourth-order valence-corrected chi connectivity index (χ4v) is 3.68. The van der Waals surface area contributed by atoms with E-state index in [1.165, 1.54) is 0 Å². The molecule has 33 heavy (non-hydrogen) atoms. The molecule has 0 radical (unpaired) electrons. The third-order valence-electron chi connectivity index (χ3n) is 5.69. The molecule has 0 saturated heterocycles. The summed E-state index contributed by atoms with van der Waals surface area (Å²) in [5, 5.41) is 29.9. The second kappa shape index (κ2) is 8.79. The lowest BCUT2D eigenvalue weighted by Crippen LogP contribution is -2.10. The number of anilines is 3. The van der Waals surface area contributed by atoms with Crippen molar-refractivity contribution < 1.29 is 20.1 Å². The van der Waals surface area contributed by atoms with Gasteiger partial charge in [-0.2, -0.15) is 0 Å². The van der Waals surface area contributed by atoms with E-state index in [1.807, 2.05) is 82.3 Å². The van der Waals surface area contributed by atoms with Crippen LogP contribution in [0.15, 0.2) is 72.8 Å². The molecule has 0 bridgehead atoms. The lowest BCUT2D eigenvalue weighted by atomic mass is 10.1. The second-order valence-corrected chi connectivity index (χ2v) is 8.28. The molecular formula is C28H27NO4. The molecule has 0 aliphatic rings. The first-order valence-electron chi connectivity index (χ1n) is 10.7. The summed E-state index contributed by atoms with van der Waals surface area (Å²) < 4.78 is 6.07. The van der Waals surface area contributed by atoms with Crippen molar-refractivity contribution in [3.05, 3.63) is 95.1 Å². The third-order valence-corrected chi connectivity index (χ3v) is 5.69. The van der Waals surface area contributed by atoms with Crippen molar-refractivity contribution in [1.29, 1.82) is 0 Å². The zero-order valence-electron chi connectivity index (χ0n) is 19.1. The van der Waals surface area contributed by atoms with Gasteiger partial charge in [-0.3, -0.25) is 0 Å². The molecule has 0 heterocycles. The maximum absolute atomic E-state index is 10.00. The Bertz CT molecular complexity index is 1260. The van der Waals surface area contributed by atoms with Gasteiger partial charge < -0.3 is 25.0 Å². The Morgan fingerprint density at radius 2 is 1.00 bits per heavy atom. The van der Waals surface area contributed by atoms with Crippen LogP contribution in [0.4, 0.5) is 17.1 Å². The number of hydrogen-bond acceptors (Lipinski definition) is 5. The summed E-state index contributed by atoms with van der Waals surface area (Å²) in [4.78, 5) is 2.05. The highest BCUT2D eigenvalue weighted by molar-refractivity contribution is 5.78. The highest BCUT2D eigenvalue weighted by atomic mass is 16.5. The maximum atomic E-state index is 10.00. The zero-order valence-corrected chi connectivity index (χ0v) is 19.1. The minimum atomic E-state index is 0.240. The van der Waals surface area contributed by atoms with Crippen LogP contribution >= 0.6 is 0 Å². The molecule has 3 N–H and O–H groups in total. The van der Waals surface area contributed by atoms with Crippen LogP contribution in [0.3, 0.4) is 0 Å². The number of hydrogen-bond donors (Lipinski definition) is 3. The number of ether oxygens (including phenoxy) is 1. The highest BCUT2D eigenvalue weighted by Gasteiger charge is 2.15. The summed E-state index contributed by atoms with van der Waals surface area (Å²) >= 11 is 0. The molecule has 0 atom stereocenters. The summed E-state index contributed by atoms with van der Waals surface area (Å²) in [5.41, 5.74) is 5.81. The lowest BCUT2D eigenvalue weighted by molar-refractivity contribution is 0.458. The van der Waals surface area contributed by atoms with E-state index < -0.39 is 0 Å². The molecule has 0 aliphatic heterocycles. The molecule has 4 rings (SSSR count). The summed E-state index contributed by atoms with van der Waals surface area (Å²) in [5.74, 6) is 2.10. The average molecular weight is 442 g/mol. The van der Waals surface area contributed by atoms with Gasteiger partial charge in [-0.1, -0.05) is 0 Å². The van der Waals surface area contributed by atoms with Crippen LogP contribution in [0.2, 0.25) is 0 Å². The number of benzene rings is 4. The van der Waals surface area contributed by atoms with Crippen molar-refractivity contribution in [2.45, 2.75) is 27.7 Å². The second-order valence-electron chi connectivity index (χ2n) is 8.28. The van der Waals surface area contributed by atoms with Crippen molar-refractivity contribution in [3.63, 3.8) is 0 Å². The van der Waals surface area contributed by atoms with Gasteiger partial charge in [0.15, 0.2) is 0 Å². The number of rotatable bonds is 5. The molecule has 0 spiro atoms. The predicted octanol–water partition coefficient (Wildman–Crippen LogP) is 7.30. The van der Waals surface area contributed by atoms with Crippen LogP contribution in [-0.2, 0) is 0 Å². The van der Waals surface area contributed by atoms with Crippen LogP contribution in [0.5, 0.6) is 28.7 Å². The molecule has 4 aromatic carbocycles. The Labute approximate surface area is 193 Å². The quantitative estimate of drug-likeness (QED) is 0.303. The molecule has 4 aromatic rings. The van der Waals surface area contributed by atoms with Gasteiger partial charge in [0.2, 0.25) is 0 Å². The SMILES string of the molecule is Cc1cc(N(c2ccc(Oc3cc(C)c(O)cc3C)cc2)c2ccc(O)c(C)c2)ccc1O. The molecule has 0 fully saturated rings. The molecule has 0 aromatic heterocycles. The molecule has 168 valence electrons. The van der Waals surface area contributed by atoms with Crippen molar-refractivity contribution in [1.82, 2.24) is 0 Å².